The summed E-state index contributed by atoms with van der Waals surface area (Å²) in [5, 5.41) is 2.28. The molecule has 1 saturated heterocycles. The Morgan fingerprint density at radius 3 is 2.91 bits per heavy atom. The lowest BCUT2D eigenvalue weighted by molar-refractivity contribution is 0.0815. The summed E-state index contributed by atoms with van der Waals surface area (Å²) < 4.78 is 0. The number of hydrogen-bond acceptors (Lipinski definition) is 3. The van der Waals surface area contributed by atoms with Crippen LogP contribution in [0.5, 0.6) is 0 Å². The van der Waals surface area contributed by atoms with Gasteiger partial charge in [-0.25, -0.2) is 5.01 Å². The Morgan fingerprint density at radius 2 is 2.36 bits per heavy atom. The molecular weight excluding hydrogens is 138 g/mol. The summed E-state index contributed by atoms with van der Waals surface area (Å²) in [5.41, 5.74) is 8.97. The maximum atomic E-state index is 5.61. The van der Waals surface area contributed by atoms with Crippen molar-refractivity contribution in [1.29, 1.82) is 0 Å². The van der Waals surface area contributed by atoms with Gasteiger partial charge in [0.2, 0.25) is 0 Å². The molecule has 0 radical (unpaired) electrons. The van der Waals surface area contributed by atoms with Crippen LogP contribution in [0, 0.1) is 5.92 Å². The first-order valence-electron chi connectivity index (χ1n) is 4.44. The van der Waals surface area contributed by atoms with Gasteiger partial charge in [-0.2, -0.15) is 0 Å². The molecule has 1 fully saturated rings. The molecule has 1 atom stereocenters. The molecule has 0 bridgehead atoms. The maximum Gasteiger partial charge on any atom is 0.0187 e. The molecule has 0 aromatic carbocycles. The Hall–Kier alpha value is -0.120. The van der Waals surface area contributed by atoms with Crippen molar-refractivity contribution >= 4 is 0 Å². The summed E-state index contributed by atoms with van der Waals surface area (Å²) in [5.74, 6) is 0.693. The lowest BCUT2D eigenvalue weighted by Gasteiger charge is -2.35. The lowest BCUT2D eigenvalue weighted by atomic mass is 10.0. The van der Waals surface area contributed by atoms with Crippen LogP contribution in [0.3, 0.4) is 0 Å². The minimum absolute atomic E-state index is 0.587. The van der Waals surface area contributed by atoms with E-state index in [1.807, 2.05) is 0 Å². The van der Waals surface area contributed by atoms with Crippen LogP contribution in [0.1, 0.15) is 20.3 Å². The average Bonchev–Trinajstić information content (AvgIpc) is 2.05. The molecule has 3 N–H and O–H groups in total. The van der Waals surface area contributed by atoms with Gasteiger partial charge in [0, 0.05) is 19.1 Å². The minimum Gasteiger partial charge on any atom is -0.330 e. The Kier molecular flexibility index (Phi) is 3.30. The van der Waals surface area contributed by atoms with E-state index in [4.69, 9.17) is 5.73 Å². The number of hydrogen-bond donors (Lipinski definition) is 2. The highest BCUT2D eigenvalue weighted by atomic mass is 15.5. The fourth-order valence-electron chi connectivity index (χ4n) is 1.43. The Morgan fingerprint density at radius 1 is 1.64 bits per heavy atom. The first-order chi connectivity index (χ1) is 5.24. The molecule has 11 heavy (non-hydrogen) atoms. The number of nitrogens with one attached hydrogen (secondary N) is 1. The molecule has 66 valence electrons. The SMILES string of the molecule is CC(C)N1CC(CN)CCN1. The normalized spacial score (nSPS) is 27.8. The molecule has 1 rings (SSSR count). The van der Waals surface area contributed by atoms with E-state index >= 15 is 0 Å². The van der Waals surface area contributed by atoms with Gasteiger partial charge < -0.3 is 5.73 Å². The third-order valence-corrected chi connectivity index (χ3v) is 2.28. The molecule has 3 heteroatoms. The fourth-order valence-corrected chi connectivity index (χ4v) is 1.43. The van der Waals surface area contributed by atoms with Crippen LogP contribution in [-0.4, -0.2) is 30.7 Å². The van der Waals surface area contributed by atoms with Crippen LogP contribution in [0.25, 0.3) is 0 Å². The number of nitrogens with two attached hydrogens (primary N) is 1. The van der Waals surface area contributed by atoms with Crippen LogP contribution in [0.2, 0.25) is 0 Å². The van der Waals surface area contributed by atoms with Crippen LogP contribution in [0.15, 0.2) is 0 Å². The first-order valence-corrected chi connectivity index (χ1v) is 4.44. The zero-order valence-corrected chi connectivity index (χ0v) is 7.51. The number of nitrogens with zero attached hydrogens (tertiary/aromatic N) is 1. The molecule has 0 aromatic rings. The first kappa shape index (κ1) is 8.97. The maximum absolute atomic E-state index is 5.61. The van der Waals surface area contributed by atoms with Crippen molar-refractivity contribution in [2.45, 2.75) is 26.3 Å². The van der Waals surface area contributed by atoms with Gasteiger partial charge in [-0.15, -0.1) is 0 Å². The highest BCUT2D eigenvalue weighted by molar-refractivity contribution is 4.72. The molecule has 0 amide bonds. The second-order valence-corrected chi connectivity index (χ2v) is 3.54. The second-order valence-electron chi connectivity index (χ2n) is 3.54. The summed E-state index contributed by atoms with van der Waals surface area (Å²) in [6.45, 7) is 7.41. The summed E-state index contributed by atoms with van der Waals surface area (Å²) in [6, 6.07) is 0.587. The van der Waals surface area contributed by atoms with Gasteiger partial charge in [0.05, 0.1) is 0 Å². The summed E-state index contributed by atoms with van der Waals surface area (Å²) >= 11 is 0. The molecule has 1 unspecified atom stereocenters. The minimum atomic E-state index is 0.587. The highest BCUT2D eigenvalue weighted by Crippen LogP contribution is 2.09. The molecule has 0 saturated carbocycles. The fraction of sp³-hybridized carbons (Fsp3) is 1.00. The Bertz CT molecular complexity index is 114. The van der Waals surface area contributed by atoms with Gasteiger partial charge in [-0.3, -0.25) is 5.43 Å². The predicted octanol–water partition coefficient (Wildman–Crippen LogP) is 0.180. The van der Waals surface area contributed by atoms with Gasteiger partial charge in [-0.05, 0) is 32.7 Å². The van der Waals surface area contributed by atoms with E-state index in [0.717, 1.165) is 19.6 Å². The van der Waals surface area contributed by atoms with Crippen molar-refractivity contribution in [1.82, 2.24) is 10.4 Å². The van der Waals surface area contributed by atoms with Gasteiger partial charge in [0.25, 0.3) is 0 Å². The van der Waals surface area contributed by atoms with E-state index in [9.17, 15) is 0 Å². The molecule has 0 aromatic heterocycles. The topological polar surface area (TPSA) is 41.3 Å². The van der Waals surface area contributed by atoms with Crippen LogP contribution in [-0.2, 0) is 0 Å². The molecule has 1 aliphatic rings. The zero-order chi connectivity index (χ0) is 8.27. The van der Waals surface area contributed by atoms with Crippen molar-refractivity contribution in [3.63, 3.8) is 0 Å². The van der Waals surface area contributed by atoms with Gasteiger partial charge in [-0.1, -0.05) is 0 Å². The van der Waals surface area contributed by atoms with E-state index < -0.39 is 0 Å². The molecule has 0 spiro atoms. The van der Waals surface area contributed by atoms with Crippen molar-refractivity contribution in [3.8, 4) is 0 Å². The van der Waals surface area contributed by atoms with E-state index in [-0.39, 0.29) is 0 Å². The number of rotatable bonds is 2. The Labute approximate surface area is 68.9 Å². The van der Waals surface area contributed by atoms with Crippen LogP contribution in [0.4, 0.5) is 0 Å². The summed E-state index contributed by atoms with van der Waals surface area (Å²) in [6.07, 6.45) is 1.22. The molecular formula is C8H19N3. The third-order valence-electron chi connectivity index (χ3n) is 2.28. The summed E-state index contributed by atoms with van der Waals surface area (Å²) in [4.78, 5) is 0. The third kappa shape index (κ3) is 2.43. The predicted molar refractivity (Wildman–Crippen MR) is 47.0 cm³/mol. The van der Waals surface area contributed by atoms with E-state index in [2.05, 4.69) is 24.3 Å². The second kappa shape index (κ2) is 4.04. The average molecular weight is 157 g/mol. The van der Waals surface area contributed by atoms with Gasteiger partial charge in [0.15, 0.2) is 0 Å². The summed E-state index contributed by atoms with van der Waals surface area (Å²) in [7, 11) is 0. The largest absolute Gasteiger partial charge is 0.330 e. The Balaban J connectivity index is 2.33. The van der Waals surface area contributed by atoms with Crippen molar-refractivity contribution < 1.29 is 0 Å². The zero-order valence-electron chi connectivity index (χ0n) is 7.51. The monoisotopic (exact) mass is 157 g/mol. The standard InChI is InChI=1S/C8H19N3/c1-7(2)11-6-8(5-9)3-4-10-11/h7-8,10H,3-6,9H2,1-2H3. The van der Waals surface area contributed by atoms with Gasteiger partial charge >= 0.3 is 0 Å². The van der Waals surface area contributed by atoms with Gasteiger partial charge in [0.1, 0.15) is 0 Å². The molecule has 1 aliphatic heterocycles. The van der Waals surface area contributed by atoms with Crippen molar-refractivity contribution in [2.75, 3.05) is 19.6 Å². The molecule has 1 heterocycles. The van der Waals surface area contributed by atoms with Crippen molar-refractivity contribution in [3.05, 3.63) is 0 Å². The number of hydrazine groups is 1. The molecule has 3 nitrogen and oxygen atoms in total. The smallest absolute Gasteiger partial charge is 0.0187 e. The van der Waals surface area contributed by atoms with E-state index in [0.29, 0.717) is 12.0 Å². The van der Waals surface area contributed by atoms with Crippen LogP contribution < -0.4 is 11.2 Å². The quantitative estimate of drug-likeness (QED) is 0.601. The molecule has 0 aliphatic carbocycles. The van der Waals surface area contributed by atoms with Crippen LogP contribution >= 0.6 is 0 Å². The van der Waals surface area contributed by atoms with E-state index in [1.54, 1.807) is 0 Å². The highest BCUT2D eigenvalue weighted by Gasteiger charge is 2.19. The van der Waals surface area contributed by atoms with E-state index in [1.165, 1.54) is 6.42 Å². The lowest BCUT2D eigenvalue weighted by Crippen LogP contribution is -2.51. The van der Waals surface area contributed by atoms with Crippen molar-refractivity contribution in [2.24, 2.45) is 11.7 Å².